The number of rotatable bonds is 8. The van der Waals surface area contributed by atoms with Gasteiger partial charge in [-0.2, -0.15) is 13.2 Å². The van der Waals surface area contributed by atoms with Crippen molar-refractivity contribution in [2.75, 3.05) is 19.8 Å². The van der Waals surface area contributed by atoms with E-state index in [0.29, 0.717) is 13.1 Å². The standard InChI is InChI=1S/C14H20F3NO2/c1-11(2)20-13-5-3-4-12(8-13)9-18-6-7-19-10-14(15,16)17/h3-5,8,11,18H,6-7,9-10H2,1-2H3. The van der Waals surface area contributed by atoms with Crippen molar-refractivity contribution in [2.45, 2.75) is 32.7 Å². The van der Waals surface area contributed by atoms with Gasteiger partial charge in [0.15, 0.2) is 0 Å². The number of benzene rings is 1. The lowest BCUT2D eigenvalue weighted by atomic mass is 10.2. The van der Waals surface area contributed by atoms with Crippen molar-refractivity contribution in [1.82, 2.24) is 5.32 Å². The molecule has 6 heteroatoms. The Morgan fingerprint density at radius 2 is 2.00 bits per heavy atom. The molecule has 1 aromatic carbocycles. The van der Waals surface area contributed by atoms with Gasteiger partial charge in [0.1, 0.15) is 12.4 Å². The molecule has 1 N–H and O–H groups in total. The zero-order chi connectivity index (χ0) is 15.0. The van der Waals surface area contributed by atoms with E-state index in [1.165, 1.54) is 0 Å². The molecule has 0 aliphatic carbocycles. The van der Waals surface area contributed by atoms with Crippen molar-refractivity contribution in [3.63, 3.8) is 0 Å². The Hall–Kier alpha value is -1.27. The van der Waals surface area contributed by atoms with Crippen LogP contribution in [0.15, 0.2) is 24.3 Å². The van der Waals surface area contributed by atoms with Gasteiger partial charge in [0.25, 0.3) is 0 Å². The highest BCUT2D eigenvalue weighted by Crippen LogP contribution is 2.15. The van der Waals surface area contributed by atoms with E-state index in [0.717, 1.165) is 11.3 Å². The Morgan fingerprint density at radius 1 is 1.25 bits per heavy atom. The Labute approximate surface area is 117 Å². The van der Waals surface area contributed by atoms with Crippen molar-refractivity contribution in [2.24, 2.45) is 0 Å². The molecule has 0 fully saturated rings. The van der Waals surface area contributed by atoms with E-state index in [9.17, 15) is 13.2 Å². The molecule has 0 bridgehead atoms. The third kappa shape index (κ3) is 8.01. The minimum atomic E-state index is -4.26. The second-order valence-electron chi connectivity index (χ2n) is 4.66. The Morgan fingerprint density at radius 3 is 2.65 bits per heavy atom. The fraction of sp³-hybridized carbons (Fsp3) is 0.571. The second kappa shape index (κ2) is 8.11. The van der Waals surface area contributed by atoms with Gasteiger partial charge >= 0.3 is 6.18 Å². The summed E-state index contributed by atoms with van der Waals surface area (Å²) in [6, 6.07) is 7.59. The van der Waals surface area contributed by atoms with E-state index < -0.39 is 12.8 Å². The molecule has 0 saturated carbocycles. The highest BCUT2D eigenvalue weighted by Gasteiger charge is 2.27. The van der Waals surface area contributed by atoms with Gasteiger partial charge < -0.3 is 14.8 Å². The van der Waals surface area contributed by atoms with Crippen LogP contribution in [0.3, 0.4) is 0 Å². The predicted octanol–water partition coefficient (Wildman–Crippen LogP) is 3.14. The van der Waals surface area contributed by atoms with E-state index in [-0.39, 0.29) is 12.7 Å². The van der Waals surface area contributed by atoms with E-state index in [4.69, 9.17) is 4.74 Å². The maximum absolute atomic E-state index is 11.8. The average molecular weight is 291 g/mol. The monoisotopic (exact) mass is 291 g/mol. The summed E-state index contributed by atoms with van der Waals surface area (Å²) in [7, 11) is 0. The number of nitrogens with one attached hydrogen (secondary N) is 1. The third-order valence-electron chi connectivity index (χ3n) is 2.29. The van der Waals surface area contributed by atoms with Crippen LogP contribution < -0.4 is 10.1 Å². The molecule has 0 radical (unpaired) electrons. The molecule has 0 heterocycles. The summed E-state index contributed by atoms with van der Waals surface area (Å²) in [5.74, 6) is 0.785. The maximum atomic E-state index is 11.8. The second-order valence-corrected chi connectivity index (χ2v) is 4.66. The van der Waals surface area contributed by atoms with Crippen molar-refractivity contribution in [1.29, 1.82) is 0 Å². The van der Waals surface area contributed by atoms with Crippen LogP contribution in [0.5, 0.6) is 5.75 Å². The van der Waals surface area contributed by atoms with Gasteiger partial charge in [0, 0.05) is 13.1 Å². The van der Waals surface area contributed by atoms with Gasteiger partial charge in [-0.15, -0.1) is 0 Å². The zero-order valence-electron chi connectivity index (χ0n) is 11.7. The minimum absolute atomic E-state index is 0.0295. The van der Waals surface area contributed by atoms with Crippen LogP contribution >= 0.6 is 0 Å². The number of alkyl halides is 3. The molecule has 0 aliphatic rings. The van der Waals surface area contributed by atoms with Crippen molar-refractivity contribution in [3.8, 4) is 5.75 Å². The predicted molar refractivity (Wildman–Crippen MR) is 70.8 cm³/mol. The molecule has 20 heavy (non-hydrogen) atoms. The summed E-state index contributed by atoms with van der Waals surface area (Å²) >= 11 is 0. The van der Waals surface area contributed by atoms with Crippen LogP contribution in [0.4, 0.5) is 13.2 Å². The molecule has 0 aliphatic heterocycles. The number of ether oxygens (including phenoxy) is 2. The summed E-state index contributed by atoms with van der Waals surface area (Å²) in [6.45, 7) is 3.65. The van der Waals surface area contributed by atoms with Gasteiger partial charge in [-0.05, 0) is 31.5 Å². The molecule has 0 atom stereocenters. The highest BCUT2D eigenvalue weighted by atomic mass is 19.4. The molecule has 0 saturated heterocycles. The summed E-state index contributed by atoms with van der Waals surface area (Å²) in [5, 5.41) is 3.02. The molecule has 0 spiro atoms. The van der Waals surface area contributed by atoms with E-state index in [1.807, 2.05) is 38.1 Å². The first-order chi connectivity index (χ1) is 9.37. The Kier molecular flexibility index (Phi) is 6.81. The topological polar surface area (TPSA) is 30.5 Å². The number of hydrogen-bond acceptors (Lipinski definition) is 3. The lowest BCUT2D eigenvalue weighted by molar-refractivity contribution is -0.173. The summed E-state index contributed by atoms with van der Waals surface area (Å²) in [5.41, 5.74) is 1.01. The third-order valence-corrected chi connectivity index (χ3v) is 2.29. The van der Waals surface area contributed by atoms with Crippen LogP contribution in [0.1, 0.15) is 19.4 Å². The maximum Gasteiger partial charge on any atom is 0.411 e. The number of hydrogen-bond donors (Lipinski definition) is 1. The van der Waals surface area contributed by atoms with Gasteiger partial charge in [0.05, 0.1) is 12.7 Å². The SMILES string of the molecule is CC(C)Oc1cccc(CNCCOCC(F)(F)F)c1. The van der Waals surface area contributed by atoms with Crippen LogP contribution in [-0.2, 0) is 11.3 Å². The lowest BCUT2D eigenvalue weighted by Crippen LogP contribution is -2.23. The molecule has 0 unspecified atom stereocenters. The summed E-state index contributed by atoms with van der Waals surface area (Å²) in [4.78, 5) is 0. The molecule has 0 aromatic heterocycles. The first-order valence-electron chi connectivity index (χ1n) is 6.47. The fourth-order valence-corrected chi connectivity index (χ4v) is 1.57. The van der Waals surface area contributed by atoms with E-state index >= 15 is 0 Å². The van der Waals surface area contributed by atoms with Crippen LogP contribution in [-0.4, -0.2) is 32.0 Å². The van der Waals surface area contributed by atoms with Crippen LogP contribution in [0.2, 0.25) is 0 Å². The average Bonchev–Trinajstić information content (AvgIpc) is 2.32. The molecule has 3 nitrogen and oxygen atoms in total. The fourth-order valence-electron chi connectivity index (χ4n) is 1.57. The van der Waals surface area contributed by atoms with Gasteiger partial charge in [-0.1, -0.05) is 12.1 Å². The first kappa shape index (κ1) is 16.8. The first-order valence-corrected chi connectivity index (χ1v) is 6.47. The van der Waals surface area contributed by atoms with Crippen molar-refractivity contribution < 1.29 is 22.6 Å². The molecular weight excluding hydrogens is 271 g/mol. The van der Waals surface area contributed by atoms with Gasteiger partial charge in [0.2, 0.25) is 0 Å². The van der Waals surface area contributed by atoms with E-state index in [1.54, 1.807) is 0 Å². The minimum Gasteiger partial charge on any atom is -0.491 e. The quantitative estimate of drug-likeness (QED) is 0.746. The number of halogens is 3. The highest BCUT2D eigenvalue weighted by molar-refractivity contribution is 5.28. The smallest absolute Gasteiger partial charge is 0.411 e. The van der Waals surface area contributed by atoms with Gasteiger partial charge in [-0.3, -0.25) is 0 Å². The summed E-state index contributed by atoms with van der Waals surface area (Å²) < 4.78 is 45.5. The molecule has 1 rings (SSSR count). The molecule has 114 valence electrons. The molecule has 1 aromatic rings. The van der Waals surface area contributed by atoms with Crippen LogP contribution in [0.25, 0.3) is 0 Å². The summed E-state index contributed by atoms with van der Waals surface area (Å²) in [6.07, 6.45) is -4.16. The van der Waals surface area contributed by atoms with Gasteiger partial charge in [-0.25, -0.2) is 0 Å². The Balaban J connectivity index is 2.22. The Bertz CT molecular complexity index is 394. The van der Waals surface area contributed by atoms with Crippen molar-refractivity contribution >= 4 is 0 Å². The normalized spacial score (nSPS) is 11.9. The van der Waals surface area contributed by atoms with E-state index in [2.05, 4.69) is 10.1 Å². The van der Waals surface area contributed by atoms with Crippen LogP contribution in [0, 0.1) is 0 Å². The zero-order valence-corrected chi connectivity index (χ0v) is 11.7. The largest absolute Gasteiger partial charge is 0.491 e. The molecular formula is C14H20F3NO2. The lowest BCUT2D eigenvalue weighted by Gasteiger charge is -2.11. The van der Waals surface area contributed by atoms with Crippen molar-refractivity contribution in [3.05, 3.63) is 29.8 Å². The molecule has 0 amide bonds.